The van der Waals surface area contributed by atoms with E-state index in [9.17, 15) is 18.4 Å². The van der Waals surface area contributed by atoms with E-state index in [1.165, 1.54) is 0 Å². The minimum absolute atomic E-state index is 0.137. The number of aldehydes is 1. The van der Waals surface area contributed by atoms with Gasteiger partial charge in [0.05, 0.1) is 5.56 Å². The van der Waals surface area contributed by atoms with Crippen molar-refractivity contribution in [2.75, 3.05) is 0 Å². The van der Waals surface area contributed by atoms with Gasteiger partial charge in [-0.1, -0.05) is 15.9 Å². The van der Waals surface area contributed by atoms with Gasteiger partial charge in [-0.05, 0) is 6.07 Å². The summed E-state index contributed by atoms with van der Waals surface area (Å²) in [4.78, 5) is 23.8. The van der Waals surface area contributed by atoms with E-state index in [1.807, 2.05) is 0 Å². The molecule has 0 atom stereocenters. The SMILES string of the molecule is O=Cc1c(C(F)F)cc(CBr)[nH]c1=O. The fourth-order valence-corrected chi connectivity index (χ4v) is 1.32. The van der Waals surface area contributed by atoms with Crippen LogP contribution in [0.3, 0.4) is 0 Å². The topological polar surface area (TPSA) is 49.9 Å². The predicted octanol–water partition coefficient (Wildman–Crippen LogP) is 2.02. The molecule has 0 aliphatic heterocycles. The van der Waals surface area contributed by atoms with Crippen LogP contribution in [0.4, 0.5) is 8.78 Å². The summed E-state index contributed by atoms with van der Waals surface area (Å²) in [5.74, 6) is 0. The number of hydrogen-bond acceptors (Lipinski definition) is 2. The first-order valence-corrected chi connectivity index (χ1v) is 4.77. The molecule has 0 aliphatic rings. The summed E-state index contributed by atoms with van der Waals surface area (Å²) in [6.07, 6.45) is -2.69. The molecule has 0 spiro atoms. The Bertz CT molecular complexity index is 403. The zero-order valence-electron chi connectivity index (χ0n) is 6.89. The second kappa shape index (κ2) is 4.45. The Morgan fingerprint density at radius 1 is 1.57 bits per heavy atom. The molecule has 1 heterocycles. The Labute approximate surface area is 86.3 Å². The lowest BCUT2D eigenvalue weighted by molar-refractivity contribution is 0.110. The van der Waals surface area contributed by atoms with Crippen LogP contribution in [0.15, 0.2) is 10.9 Å². The number of carbonyl (C=O) groups excluding carboxylic acids is 1. The highest BCUT2D eigenvalue weighted by atomic mass is 79.9. The number of rotatable bonds is 3. The molecular weight excluding hydrogens is 260 g/mol. The van der Waals surface area contributed by atoms with Crippen LogP contribution in [-0.2, 0) is 5.33 Å². The van der Waals surface area contributed by atoms with E-state index < -0.39 is 23.1 Å². The van der Waals surface area contributed by atoms with Crippen LogP contribution in [-0.4, -0.2) is 11.3 Å². The molecule has 0 saturated carbocycles. The van der Waals surface area contributed by atoms with Crippen LogP contribution < -0.4 is 5.56 Å². The molecule has 14 heavy (non-hydrogen) atoms. The minimum Gasteiger partial charge on any atom is -0.325 e. The van der Waals surface area contributed by atoms with E-state index in [2.05, 4.69) is 20.9 Å². The van der Waals surface area contributed by atoms with Gasteiger partial charge >= 0.3 is 0 Å². The summed E-state index contributed by atoms with van der Waals surface area (Å²) < 4.78 is 24.8. The van der Waals surface area contributed by atoms with Crippen molar-refractivity contribution in [3.8, 4) is 0 Å². The first kappa shape index (κ1) is 11.0. The molecule has 0 saturated heterocycles. The quantitative estimate of drug-likeness (QED) is 0.672. The third kappa shape index (κ3) is 2.06. The number of alkyl halides is 3. The van der Waals surface area contributed by atoms with E-state index in [0.717, 1.165) is 6.07 Å². The largest absolute Gasteiger partial charge is 0.325 e. The molecule has 1 rings (SSSR count). The van der Waals surface area contributed by atoms with Crippen molar-refractivity contribution in [1.82, 2.24) is 4.98 Å². The van der Waals surface area contributed by atoms with Crippen molar-refractivity contribution in [1.29, 1.82) is 0 Å². The van der Waals surface area contributed by atoms with Gasteiger partial charge in [0.2, 0.25) is 0 Å². The molecule has 1 N–H and O–H groups in total. The summed E-state index contributed by atoms with van der Waals surface area (Å²) in [6.45, 7) is 0. The zero-order valence-corrected chi connectivity index (χ0v) is 8.48. The molecule has 0 unspecified atom stereocenters. The van der Waals surface area contributed by atoms with Gasteiger partial charge in [0.1, 0.15) is 0 Å². The smallest absolute Gasteiger partial charge is 0.264 e. The Hall–Kier alpha value is -1.04. The highest BCUT2D eigenvalue weighted by molar-refractivity contribution is 9.08. The third-order valence-corrected chi connectivity index (χ3v) is 2.26. The fourth-order valence-electron chi connectivity index (χ4n) is 1.02. The Balaban J connectivity index is 3.43. The fraction of sp³-hybridized carbons (Fsp3) is 0.250. The number of aromatic nitrogens is 1. The second-order valence-corrected chi connectivity index (χ2v) is 3.11. The molecule has 0 fully saturated rings. The van der Waals surface area contributed by atoms with Gasteiger partial charge in [-0.2, -0.15) is 0 Å². The second-order valence-electron chi connectivity index (χ2n) is 2.54. The van der Waals surface area contributed by atoms with E-state index in [1.54, 1.807) is 0 Å². The van der Waals surface area contributed by atoms with Crippen LogP contribution in [0.25, 0.3) is 0 Å². The summed E-state index contributed by atoms with van der Waals surface area (Å²) >= 11 is 3.02. The lowest BCUT2D eigenvalue weighted by atomic mass is 10.1. The van der Waals surface area contributed by atoms with Crippen LogP contribution in [0.1, 0.15) is 28.0 Å². The van der Waals surface area contributed by atoms with Gasteiger partial charge in [0.25, 0.3) is 12.0 Å². The maximum atomic E-state index is 12.4. The third-order valence-electron chi connectivity index (χ3n) is 1.66. The Morgan fingerprint density at radius 3 is 2.64 bits per heavy atom. The summed E-state index contributed by atoms with van der Waals surface area (Å²) in [5.41, 5.74) is -1.51. The summed E-state index contributed by atoms with van der Waals surface area (Å²) in [5, 5.41) is 0.251. The molecule has 76 valence electrons. The van der Waals surface area contributed by atoms with Gasteiger partial charge < -0.3 is 4.98 Å². The van der Waals surface area contributed by atoms with Crippen LogP contribution in [0, 0.1) is 0 Å². The number of hydrogen-bond donors (Lipinski definition) is 1. The highest BCUT2D eigenvalue weighted by Gasteiger charge is 2.16. The average Bonchev–Trinajstić information content (AvgIpc) is 2.16. The molecule has 0 radical (unpaired) electrons. The molecule has 3 nitrogen and oxygen atoms in total. The maximum Gasteiger partial charge on any atom is 0.264 e. The molecule has 0 aromatic carbocycles. The number of pyridine rings is 1. The number of carbonyl (C=O) groups is 1. The van der Waals surface area contributed by atoms with Crippen molar-refractivity contribution < 1.29 is 13.6 Å². The van der Waals surface area contributed by atoms with Crippen LogP contribution in [0.2, 0.25) is 0 Å². The van der Waals surface area contributed by atoms with Crippen molar-refractivity contribution in [3.05, 3.63) is 33.2 Å². The number of aromatic amines is 1. The molecule has 0 aliphatic carbocycles. The van der Waals surface area contributed by atoms with Gasteiger partial charge in [0, 0.05) is 16.6 Å². The van der Waals surface area contributed by atoms with Crippen molar-refractivity contribution in [2.45, 2.75) is 11.8 Å². The predicted molar refractivity (Wildman–Crippen MR) is 50.0 cm³/mol. The number of H-pyrrole nitrogens is 1. The van der Waals surface area contributed by atoms with Crippen molar-refractivity contribution in [2.24, 2.45) is 0 Å². The van der Waals surface area contributed by atoms with Gasteiger partial charge in [-0.25, -0.2) is 8.78 Å². The van der Waals surface area contributed by atoms with E-state index in [-0.39, 0.29) is 11.6 Å². The Morgan fingerprint density at radius 2 is 2.21 bits per heavy atom. The first-order valence-electron chi connectivity index (χ1n) is 3.65. The van der Waals surface area contributed by atoms with Gasteiger partial charge in [0.15, 0.2) is 6.29 Å². The first-order chi connectivity index (χ1) is 6.60. The van der Waals surface area contributed by atoms with Crippen LogP contribution >= 0.6 is 15.9 Å². The summed E-state index contributed by atoms with van der Waals surface area (Å²) in [6, 6.07) is 1.10. The molecule has 0 bridgehead atoms. The van der Waals surface area contributed by atoms with Crippen LogP contribution in [0.5, 0.6) is 0 Å². The summed E-state index contributed by atoms with van der Waals surface area (Å²) in [7, 11) is 0. The maximum absolute atomic E-state index is 12.4. The van der Waals surface area contributed by atoms with Crippen molar-refractivity contribution in [3.63, 3.8) is 0 Å². The zero-order chi connectivity index (χ0) is 10.7. The normalized spacial score (nSPS) is 10.6. The van der Waals surface area contributed by atoms with E-state index in [0.29, 0.717) is 5.69 Å². The monoisotopic (exact) mass is 265 g/mol. The molecule has 6 heteroatoms. The minimum atomic E-state index is -2.82. The van der Waals surface area contributed by atoms with Gasteiger partial charge in [-0.15, -0.1) is 0 Å². The van der Waals surface area contributed by atoms with E-state index in [4.69, 9.17) is 0 Å². The van der Waals surface area contributed by atoms with E-state index >= 15 is 0 Å². The molecule has 0 amide bonds. The Kier molecular flexibility index (Phi) is 3.51. The lowest BCUT2D eigenvalue weighted by Crippen LogP contribution is -2.17. The number of halogens is 3. The standard InChI is InChI=1S/C8H6BrF2NO2/c9-2-4-1-5(7(10)11)6(3-13)8(14)12-4/h1,3,7H,2H2,(H,12,14). The average molecular weight is 266 g/mol. The number of nitrogens with one attached hydrogen (secondary N) is 1. The molecule has 1 aromatic heterocycles. The highest BCUT2D eigenvalue weighted by Crippen LogP contribution is 2.20. The van der Waals surface area contributed by atoms with Gasteiger partial charge in [-0.3, -0.25) is 9.59 Å². The molecule has 1 aromatic rings. The molecular formula is C8H6BrF2NO2. The lowest BCUT2D eigenvalue weighted by Gasteiger charge is -2.04. The van der Waals surface area contributed by atoms with Crippen molar-refractivity contribution >= 4 is 22.2 Å².